The molecule has 0 unspecified atom stereocenters. The molecule has 3 rings (SSSR count). The summed E-state index contributed by atoms with van der Waals surface area (Å²) >= 11 is 19.1. The molecule has 1 N–H and O–H groups in total. The number of carbonyl (C=O) groups is 2. The molecule has 3 aromatic carbocycles. The molecule has 0 radical (unpaired) electrons. The summed E-state index contributed by atoms with van der Waals surface area (Å²) in [7, 11) is -4.20. The van der Waals surface area contributed by atoms with Crippen LogP contribution in [-0.2, 0) is 26.2 Å². The van der Waals surface area contributed by atoms with Crippen LogP contribution in [0.4, 0.5) is 5.69 Å². The first-order valence-electron chi connectivity index (χ1n) is 12.8. The second-order valence-electron chi connectivity index (χ2n) is 9.19. The van der Waals surface area contributed by atoms with Crippen molar-refractivity contribution in [3.8, 4) is 0 Å². The Morgan fingerprint density at radius 3 is 2.17 bits per heavy atom. The van der Waals surface area contributed by atoms with Gasteiger partial charge in [0.25, 0.3) is 10.0 Å². The maximum Gasteiger partial charge on any atom is 0.264 e. The first kappa shape index (κ1) is 31.7. The van der Waals surface area contributed by atoms with E-state index in [2.05, 4.69) is 5.32 Å². The van der Waals surface area contributed by atoms with Gasteiger partial charge in [0.2, 0.25) is 11.8 Å². The van der Waals surface area contributed by atoms with Crippen LogP contribution < -0.4 is 9.62 Å². The molecule has 2 amide bonds. The standard InChI is InChI=1S/C29H32Cl3N3O4S/c1-4-16-33-29(37)26(5-2)34(18-23-24(31)12-9-13-25(23)32)28(36)19-35(27-17-21(30)15-14-20(27)3)40(38,39)22-10-7-6-8-11-22/h6-15,17,26H,4-5,16,18-19H2,1-3H3,(H,33,37)/t26-/m0/s1. The summed E-state index contributed by atoms with van der Waals surface area (Å²) in [6, 6.07) is 16.7. The second-order valence-corrected chi connectivity index (χ2v) is 12.3. The summed E-state index contributed by atoms with van der Waals surface area (Å²) < 4.78 is 28.9. The minimum absolute atomic E-state index is 0.00982. The van der Waals surface area contributed by atoms with E-state index in [1.54, 1.807) is 62.4 Å². The van der Waals surface area contributed by atoms with E-state index in [-0.39, 0.29) is 29.5 Å². The largest absolute Gasteiger partial charge is 0.354 e. The number of rotatable bonds is 12. The highest BCUT2D eigenvalue weighted by Gasteiger charge is 2.34. The van der Waals surface area contributed by atoms with Crippen molar-refractivity contribution >= 4 is 62.3 Å². The zero-order valence-corrected chi connectivity index (χ0v) is 25.6. The lowest BCUT2D eigenvalue weighted by molar-refractivity contribution is -0.140. The van der Waals surface area contributed by atoms with E-state index in [0.29, 0.717) is 39.2 Å². The normalized spacial score (nSPS) is 12.1. The van der Waals surface area contributed by atoms with Crippen LogP contribution in [0.2, 0.25) is 15.1 Å². The molecule has 0 aromatic heterocycles. The van der Waals surface area contributed by atoms with Crippen molar-refractivity contribution in [3.63, 3.8) is 0 Å². The van der Waals surface area contributed by atoms with E-state index in [4.69, 9.17) is 34.8 Å². The average Bonchev–Trinajstić information content (AvgIpc) is 2.93. The van der Waals surface area contributed by atoms with E-state index in [0.717, 1.165) is 4.31 Å². The van der Waals surface area contributed by atoms with Gasteiger partial charge < -0.3 is 10.2 Å². The van der Waals surface area contributed by atoms with E-state index in [9.17, 15) is 18.0 Å². The Balaban J connectivity index is 2.12. The van der Waals surface area contributed by atoms with Crippen LogP contribution in [0.15, 0.2) is 71.6 Å². The molecule has 214 valence electrons. The second kappa shape index (κ2) is 14.2. The van der Waals surface area contributed by atoms with Gasteiger partial charge in [-0.25, -0.2) is 8.42 Å². The zero-order chi connectivity index (χ0) is 29.4. The molecule has 0 aliphatic rings. The Bertz CT molecular complexity index is 1430. The van der Waals surface area contributed by atoms with Gasteiger partial charge in [0.05, 0.1) is 10.6 Å². The van der Waals surface area contributed by atoms with Gasteiger partial charge in [0, 0.05) is 33.7 Å². The Morgan fingerprint density at radius 2 is 1.57 bits per heavy atom. The van der Waals surface area contributed by atoms with Gasteiger partial charge in [0.1, 0.15) is 12.6 Å². The molecule has 0 spiro atoms. The maximum atomic E-state index is 14.1. The Labute approximate surface area is 251 Å². The number of sulfonamides is 1. The van der Waals surface area contributed by atoms with Crippen molar-refractivity contribution in [1.82, 2.24) is 10.2 Å². The molecular weight excluding hydrogens is 593 g/mol. The fourth-order valence-corrected chi connectivity index (χ4v) is 6.40. The Hall–Kier alpha value is -2.78. The van der Waals surface area contributed by atoms with Crippen molar-refractivity contribution in [2.45, 2.75) is 51.1 Å². The first-order chi connectivity index (χ1) is 19.0. The molecule has 0 aliphatic heterocycles. The minimum Gasteiger partial charge on any atom is -0.354 e. The summed E-state index contributed by atoms with van der Waals surface area (Å²) in [6.45, 7) is 5.19. The number of amides is 2. The van der Waals surface area contributed by atoms with E-state index in [1.165, 1.54) is 23.1 Å². The molecule has 40 heavy (non-hydrogen) atoms. The average molecular weight is 625 g/mol. The molecule has 0 heterocycles. The van der Waals surface area contributed by atoms with Gasteiger partial charge in [0.15, 0.2) is 0 Å². The van der Waals surface area contributed by atoms with Crippen LogP contribution in [0.1, 0.15) is 37.8 Å². The van der Waals surface area contributed by atoms with Crippen molar-refractivity contribution in [3.05, 3.63) is 92.9 Å². The predicted molar refractivity (Wildman–Crippen MR) is 162 cm³/mol. The van der Waals surface area contributed by atoms with Crippen LogP contribution in [0.5, 0.6) is 0 Å². The van der Waals surface area contributed by atoms with E-state index >= 15 is 0 Å². The molecule has 7 nitrogen and oxygen atoms in total. The quantitative estimate of drug-likeness (QED) is 0.250. The third-order valence-electron chi connectivity index (χ3n) is 6.38. The molecule has 0 saturated heterocycles. The molecule has 0 fully saturated rings. The van der Waals surface area contributed by atoms with Gasteiger partial charge in [-0.1, -0.05) is 79.0 Å². The minimum atomic E-state index is -4.20. The van der Waals surface area contributed by atoms with E-state index in [1.807, 2.05) is 6.92 Å². The highest BCUT2D eigenvalue weighted by molar-refractivity contribution is 7.92. The number of carbonyl (C=O) groups excluding carboxylic acids is 2. The highest BCUT2D eigenvalue weighted by Crippen LogP contribution is 2.31. The summed E-state index contributed by atoms with van der Waals surface area (Å²) in [4.78, 5) is 28.7. The number of halogens is 3. The van der Waals surface area contributed by atoms with Gasteiger partial charge in [-0.05, 0) is 61.7 Å². The van der Waals surface area contributed by atoms with Gasteiger partial charge >= 0.3 is 0 Å². The third kappa shape index (κ3) is 7.49. The number of aryl methyl sites for hydroxylation is 1. The zero-order valence-electron chi connectivity index (χ0n) is 22.5. The van der Waals surface area contributed by atoms with Gasteiger partial charge in [-0.2, -0.15) is 0 Å². The van der Waals surface area contributed by atoms with Crippen LogP contribution in [0.3, 0.4) is 0 Å². The van der Waals surface area contributed by atoms with Crippen LogP contribution in [-0.4, -0.2) is 44.3 Å². The van der Waals surface area contributed by atoms with Crippen LogP contribution >= 0.6 is 34.8 Å². The monoisotopic (exact) mass is 623 g/mol. The third-order valence-corrected chi connectivity index (χ3v) is 9.09. The van der Waals surface area contributed by atoms with Crippen LogP contribution in [0.25, 0.3) is 0 Å². The lowest BCUT2D eigenvalue weighted by Gasteiger charge is -2.34. The summed E-state index contributed by atoms with van der Waals surface area (Å²) in [5, 5.41) is 3.81. The predicted octanol–water partition coefficient (Wildman–Crippen LogP) is 6.48. The van der Waals surface area contributed by atoms with Crippen LogP contribution in [0, 0.1) is 6.92 Å². The number of benzene rings is 3. The fourth-order valence-electron chi connectivity index (χ4n) is 4.22. The molecule has 0 bridgehead atoms. The lowest BCUT2D eigenvalue weighted by atomic mass is 10.1. The first-order valence-corrected chi connectivity index (χ1v) is 15.4. The number of hydrogen-bond donors (Lipinski definition) is 1. The highest BCUT2D eigenvalue weighted by atomic mass is 35.5. The SMILES string of the molecule is CCCNC(=O)[C@H](CC)N(Cc1c(Cl)cccc1Cl)C(=O)CN(c1cc(Cl)ccc1C)S(=O)(=O)c1ccccc1. The Kier molecular flexibility index (Phi) is 11.3. The van der Waals surface area contributed by atoms with E-state index < -0.39 is 28.5 Å². The molecule has 3 aromatic rings. The topological polar surface area (TPSA) is 86.8 Å². The smallest absolute Gasteiger partial charge is 0.264 e. The number of nitrogens with zero attached hydrogens (tertiary/aromatic N) is 2. The molecular formula is C29H32Cl3N3O4S. The number of hydrogen-bond acceptors (Lipinski definition) is 4. The van der Waals surface area contributed by atoms with Crippen molar-refractivity contribution in [2.75, 3.05) is 17.4 Å². The maximum absolute atomic E-state index is 14.1. The number of anilines is 1. The van der Waals surface area contributed by atoms with Gasteiger partial charge in [-0.3, -0.25) is 13.9 Å². The van der Waals surface area contributed by atoms with Gasteiger partial charge in [-0.15, -0.1) is 0 Å². The fraction of sp³-hybridized carbons (Fsp3) is 0.310. The Morgan fingerprint density at radius 1 is 0.925 bits per heavy atom. The number of nitrogens with one attached hydrogen (secondary N) is 1. The van der Waals surface area contributed by atoms with Crippen molar-refractivity contribution in [1.29, 1.82) is 0 Å². The van der Waals surface area contributed by atoms with Crippen molar-refractivity contribution in [2.24, 2.45) is 0 Å². The van der Waals surface area contributed by atoms with Crippen molar-refractivity contribution < 1.29 is 18.0 Å². The molecule has 0 saturated carbocycles. The molecule has 0 aliphatic carbocycles. The molecule has 1 atom stereocenters. The summed E-state index contributed by atoms with van der Waals surface area (Å²) in [5.74, 6) is -0.953. The summed E-state index contributed by atoms with van der Waals surface area (Å²) in [5.41, 5.74) is 1.31. The molecule has 11 heteroatoms. The summed E-state index contributed by atoms with van der Waals surface area (Å²) in [6.07, 6.45) is 0.995. The lowest BCUT2D eigenvalue weighted by Crippen LogP contribution is -2.52.